The van der Waals surface area contributed by atoms with E-state index in [1.54, 1.807) is 0 Å². The van der Waals surface area contributed by atoms with Crippen molar-refractivity contribution in [1.29, 1.82) is 0 Å². The summed E-state index contributed by atoms with van der Waals surface area (Å²) in [6.07, 6.45) is 9.90. The van der Waals surface area contributed by atoms with Crippen LogP contribution in [0, 0.1) is 5.92 Å². The molecule has 2 saturated carbocycles. The second-order valence-electron chi connectivity index (χ2n) is 5.70. The van der Waals surface area contributed by atoms with Crippen molar-refractivity contribution >= 4 is 28.6 Å². The fraction of sp³-hybridized carbons (Fsp3) is 0.923. The standard InChI is InChI=1S/C13H20I2NO2/c14-10(11-15-16-11)12(17)18-13(7-3-4-8-13)9-5-1-2-6-9/h9-11,16H,1-8H2/q-1. The van der Waals surface area contributed by atoms with E-state index in [0.29, 0.717) is 9.97 Å². The molecule has 104 valence electrons. The van der Waals surface area contributed by atoms with E-state index in [0.717, 1.165) is 12.8 Å². The summed E-state index contributed by atoms with van der Waals surface area (Å²) in [6.45, 7) is 0. The Hall–Kier alpha value is 0.890. The van der Waals surface area contributed by atoms with Gasteiger partial charge in [0.25, 0.3) is 0 Å². The van der Waals surface area contributed by atoms with E-state index in [4.69, 9.17) is 4.74 Å². The molecule has 18 heavy (non-hydrogen) atoms. The molecule has 1 saturated heterocycles. The van der Waals surface area contributed by atoms with Crippen LogP contribution in [-0.2, 0) is 9.53 Å². The van der Waals surface area contributed by atoms with Gasteiger partial charge in [0, 0.05) is 0 Å². The molecular formula is C13H20I2NO2-. The first kappa shape index (κ1) is 13.9. The van der Waals surface area contributed by atoms with E-state index >= 15 is 0 Å². The molecule has 0 radical (unpaired) electrons. The number of hydrogen-bond donors (Lipinski definition) is 1. The fourth-order valence-corrected chi connectivity index (χ4v) is 6.63. The van der Waals surface area contributed by atoms with Crippen molar-refractivity contribution in [2.24, 2.45) is 5.92 Å². The summed E-state index contributed by atoms with van der Waals surface area (Å²) in [5, 5.41) is 0. The minimum absolute atomic E-state index is 0.0503. The van der Waals surface area contributed by atoms with Gasteiger partial charge in [0.2, 0.25) is 0 Å². The summed E-state index contributed by atoms with van der Waals surface area (Å²) in [7, 11) is 0. The third-order valence-electron chi connectivity index (χ3n) is 4.57. The van der Waals surface area contributed by atoms with Gasteiger partial charge in [-0.2, -0.15) is 0 Å². The number of carbonyl (C=O) groups is 1. The number of carbonyl (C=O) groups excluding carboxylic acids is 1. The average molecular weight is 476 g/mol. The first-order chi connectivity index (χ1) is 8.71. The summed E-state index contributed by atoms with van der Waals surface area (Å²) in [4.78, 5) is 12.3. The van der Waals surface area contributed by atoms with Gasteiger partial charge >= 0.3 is 134 Å². The van der Waals surface area contributed by atoms with Crippen LogP contribution in [-0.4, -0.2) is 19.5 Å². The topological polar surface area (TPSA) is 48.2 Å². The second-order valence-corrected chi connectivity index (χ2v) is 9.63. The third-order valence-corrected chi connectivity index (χ3v) is 9.24. The van der Waals surface area contributed by atoms with Crippen LogP contribution < -0.4 is 25.0 Å². The molecule has 0 bridgehead atoms. The van der Waals surface area contributed by atoms with Crippen LogP contribution in [0.3, 0.4) is 0 Å². The summed E-state index contributed by atoms with van der Waals surface area (Å²) in [5.74, 6) is 0.702. The van der Waals surface area contributed by atoms with Crippen LogP contribution >= 0.6 is 22.6 Å². The molecule has 0 spiro atoms. The van der Waals surface area contributed by atoms with Gasteiger partial charge < -0.3 is 0 Å². The minimum atomic E-state index is -0.0792. The van der Waals surface area contributed by atoms with Crippen LogP contribution in [0.4, 0.5) is 0 Å². The molecule has 3 nitrogen and oxygen atoms in total. The summed E-state index contributed by atoms with van der Waals surface area (Å²) in [6, 6.07) is 0. The van der Waals surface area contributed by atoms with Gasteiger partial charge in [0.05, 0.1) is 0 Å². The molecule has 1 heterocycles. The molecule has 1 aliphatic heterocycles. The molecule has 0 aromatic carbocycles. The van der Waals surface area contributed by atoms with Gasteiger partial charge in [-0.05, 0) is 0 Å². The zero-order valence-corrected chi connectivity index (χ0v) is 14.8. The van der Waals surface area contributed by atoms with Gasteiger partial charge in [-0.3, -0.25) is 0 Å². The molecule has 5 heteroatoms. The molecule has 2 atom stereocenters. The first-order valence-electron chi connectivity index (χ1n) is 6.96. The van der Waals surface area contributed by atoms with Crippen LogP contribution in [0.2, 0.25) is 0 Å². The maximum absolute atomic E-state index is 12.3. The Bertz CT molecular complexity index is 321. The number of alkyl halides is 2. The second kappa shape index (κ2) is 5.71. The van der Waals surface area contributed by atoms with Crippen molar-refractivity contribution in [3.8, 4) is 0 Å². The van der Waals surface area contributed by atoms with Crippen molar-refractivity contribution in [3.05, 3.63) is 0 Å². The van der Waals surface area contributed by atoms with Crippen LogP contribution in [0.25, 0.3) is 0 Å². The predicted octanol–water partition coefficient (Wildman–Crippen LogP) is -0.230. The van der Waals surface area contributed by atoms with Gasteiger partial charge in [0.1, 0.15) is 0 Å². The summed E-state index contributed by atoms with van der Waals surface area (Å²) < 4.78 is 9.92. The quantitative estimate of drug-likeness (QED) is 0.153. The Kier molecular flexibility index (Phi) is 4.40. The predicted molar refractivity (Wildman–Crippen MR) is 74.0 cm³/mol. The number of nitrogens with one attached hydrogen (secondary N) is 1. The third kappa shape index (κ3) is 2.82. The van der Waals surface area contributed by atoms with E-state index in [2.05, 4.69) is 26.1 Å². The van der Waals surface area contributed by atoms with E-state index in [1.165, 1.54) is 38.5 Å². The van der Waals surface area contributed by atoms with Gasteiger partial charge in [-0.25, -0.2) is 0 Å². The molecule has 2 unspecified atom stereocenters. The van der Waals surface area contributed by atoms with Gasteiger partial charge in [-0.1, -0.05) is 0 Å². The molecule has 3 fully saturated rings. The zero-order valence-electron chi connectivity index (χ0n) is 10.5. The number of hydrogen-bond acceptors (Lipinski definition) is 3. The van der Waals surface area contributed by atoms with Gasteiger partial charge in [0.15, 0.2) is 0 Å². The van der Waals surface area contributed by atoms with E-state index in [9.17, 15) is 4.79 Å². The van der Waals surface area contributed by atoms with Crippen molar-refractivity contribution in [1.82, 2.24) is 3.53 Å². The molecule has 0 aromatic rings. The number of esters is 1. The first-order valence-corrected chi connectivity index (χ1v) is 10.5. The van der Waals surface area contributed by atoms with Crippen LogP contribution in [0.5, 0.6) is 0 Å². The Morgan fingerprint density at radius 1 is 1.28 bits per heavy atom. The molecule has 0 aromatic heterocycles. The van der Waals surface area contributed by atoms with Crippen molar-refractivity contribution in [2.75, 3.05) is 0 Å². The van der Waals surface area contributed by atoms with Crippen molar-refractivity contribution < 1.29 is 31.0 Å². The van der Waals surface area contributed by atoms with Crippen molar-refractivity contribution in [2.45, 2.75) is 64.9 Å². The number of ether oxygens (including phenoxy) is 1. The SMILES string of the molecule is O=C(OC1(C2CCCC2)CCCC1)C(I)C1N[I-]1. The molecule has 3 rings (SSSR count). The Labute approximate surface area is 133 Å². The molecule has 2 aliphatic carbocycles. The monoisotopic (exact) mass is 476 g/mol. The van der Waals surface area contributed by atoms with Crippen LogP contribution in [0.15, 0.2) is 0 Å². The maximum atomic E-state index is 12.3. The Balaban J connectivity index is 1.67. The molecule has 1 N–H and O–H groups in total. The molecular weight excluding hydrogens is 456 g/mol. The average Bonchev–Trinajstić information content (AvgIpc) is 2.88. The van der Waals surface area contributed by atoms with Crippen LogP contribution in [0.1, 0.15) is 51.4 Å². The molecule has 3 aliphatic rings. The summed E-state index contributed by atoms with van der Waals surface area (Å²) in [5.41, 5.74) is -0.0792. The Morgan fingerprint density at radius 2 is 1.89 bits per heavy atom. The fourth-order valence-electron chi connectivity index (χ4n) is 3.54. The zero-order chi connectivity index (χ0) is 12.6. The van der Waals surface area contributed by atoms with E-state index < -0.39 is 0 Å². The van der Waals surface area contributed by atoms with Gasteiger partial charge in [-0.15, -0.1) is 0 Å². The number of halogens is 2. The normalized spacial score (nSPS) is 32.8. The number of rotatable bonds is 4. The van der Waals surface area contributed by atoms with E-state index in [1.807, 2.05) is 0 Å². The van der Waals surface area contributed by atoms with E-state index in [-0.39, 0.29) is 37.0 Å². The molecule has 0 amide bonds. The summed E-state index contributed by atoms with van der Waals surface area (Å²) >= 11 is 2.36. The van der Waals surface area contributed by atoms with Crippen molar-refractivity contribution in [3.63, 3.8) is 0 Å². The Morgan fingerprint density at radius 3 is 2.44 bits per heavy atom.